The fourth-order valence-corrected chi connectivity index (χ4v) is 2.91. The number of amides is 2. The van der Waals surface area contributed by atoms with E-state index in [1.165, 1.54) is 27.4 Å². The third-order valence-corrected chi connectivity index (χ3v) is 4.25. The van der Waals surface area contributed by atoms with Gasteiger partial charge in [-0.3, -0.25) is 19.7 Å². The van der Waals surface area contributed by atoms with E-state index in [2.05, 4.69) is 10.6 Å². The molecule has 2 aromatic rings. The molecule has 0 unspecified atom stereocenters. The summed E-state index contributed by atoms with van der Waals surface area (Å²) in [6, 6.07) is 7.61. The minimum absolute atomic E-state index is 0.00902. The molecule has 166 valence electrons. The molecule has 0 radical (unpaired) electrons. The van der Waals surface area contributed by atoms with Crippen molar-refractivity contribution in [3.05, 3.63) is 46.0 Å². The molecule has 0 saturated heterocycles. The number of nitrogens with one attached hydrogen (secondary N) is 2. The Labute approximate surface area is 179 Å². The standard InChI is InChI=1S/C21H25N3O7/c1-12(2)10-17(25)22-13-6-8-14(9-7-13)23-21(26)15-11-16(29-3)19(30-4)20(31-5)18(15)24(27)28/h6-9,11-12H,10H2,1-5H3,(H,22,25)(H,23,26). The van der Waals surface area contributed by atoms with Crippen molar-refractivity contribution in [3.8, 4) is 17.2 Å². The van der Waals surface area contributed by atoms with Crippen molar-refractivity contribution in [3.63, 3.8) is 0 Å². The Morgan fingerprint density at radius 3 is 1.97 bits per heavy atom. The lowest BCUT2D eigenvalue weighted by Gasteiger charge is -2.15. The zero-order chi connectivity index (χ0) is 23.1. The number of nitrogens with zero attached hydrogens (tertiary/aromatic N) is 1. The number of ether oxygens (including phenoxy) is 3. The van der Waals surface area contributed by atoms with Crippen LogP contribution in [-0.4, -0.2) is 38.1 Å². The van der Waals surface area contributed by atoms with Crippen molar-refractivity contribution in [2.24, 2.45) is 5.92 Å². The Kier molecular flexibility index (Phi) is 7.78. The number of anilines is 2. The number of carbonyl (C=O) groups is 2. The van der Waals surface area contributed by atoms with Gasteiger partial charge in [-0.25, -0.2) is 0 Å². The maximum atomic E-state index is 12.8. The highest BCUT2D eigenvalue weighted by molar-refractivity contribution is 6.08. The predicted molar refractivity (Wildman–Crippen MR) is 115 cm³/mol. The fourth-order valence-electron chi connectivity index (χ4n) is 2.91. The molecule has 2 N–H and O–H groups in total. The lowest BCUT2D eigenvalue weighted by Crippen LogP contribution is -2.16. The molecule has 2 aromatic carbocycles. The van der Waals surface area contributed by atoms with E-state index in [0.29, 0.717) is 17.8 Å². The smallest absolute Gasteiger partial charge is 0.327 e. The Balaban J connectivity index is 2.31. The Bertz CT molecular complexity index is 972. The van der Waals surface area contributed by atoms with E-state index in [-0.39, 0.29) is 34.6 Å². The molecule has 10 nitrogen and oxygen atoms in total. The topological polar surface area (TPSA) is 129 Å². The quantitative estimate of drug-likeness (QED) is 0.455. The molecule has 31 heavy (non-hydrogen) atoms. The highest BCUT2D eigenvalue weighted by Gasteiger charge is 2.32. The normalized spacial score (nSPS) is 10.4. The van der Waals surface area contributed by atoms with Gasteiger partial charge in [-0.1, -0.05) is 13.8 Å². The van der Waals surface area contributed by atoms with E-state index >= 15 is 0 Å². The zero-order valence-corrected chi connectivity index (χ0v) is 18.0. The molecule has 0 heterocycles. The summed E-state index contributed by atoms with van der Waals surface area (Å²) in [6.07, 6.45) is 0.392. The summed E-state index contributed by atoms with van der Waals surface area (Å²) < 4.78 is 15.5. The summed E-state index contributed by atoms with van der Waals surface area (Å²) >= 11 is 0. The van der Waals surface area contributed by atoms with E-state index < -0.39 is 16.5 Å². The number of methoxy groups -OCH3 is 3. The Hall–Kier alpha value is -3.82. The van der Waals surface area contributed by atoms with Gasteiger partial charge in [0.1, 0.15) is 5.56 Å². The van der Waals surface area contributed by atoms with Crippen LogP contribution in [0.1, 0.15) is 30.6 Å². The molecule has 0 saturated carbocycles. The first-order valence-corrected chi connectivity index (χ1v) is 9.40. The van der Waals surface area contributed by atoms with Crippen LogP contribution in [0.15, 0.2) is 30.3 Å². The van der Waals surface area contributed by atoms with E-state index in [4.69, 9.17) is 14.2 Å². The van der Waals surface area contributed by atoms with Gasteiger partial charge in [0, 0.05) is 23.9 Å². The number of rotatable bonds is 9. The van der Waals surface area contributed by atoms with Crippen LogP contribution in [0.5, 0.6) is 17.2 Å². The van der Waals surface area contributed by atoms with E-state index in [9.17, 15) is 19.7 Å². The van der Waals surface area contributed by atoms with Gasteiger partial charge < -0.3 is 24.8 Å². The summed E-state index contributed by atoms with van der Waals surface area (Å²) in [4.78, 5) is 35.6. The van der Waals surface area contributed by atoms with Crippen LogP contribution in [-0.2, 0) is 4.79 Å². The molecule has 0 bridgehead atoms. The molecule has 0 spiro atoms. The SMILES string of the molecule is COc1cc(C(=O)Nc2ccc(NC(=O)CC(C)C)cc2)c([N+](=O)[O-])c(OC)c1OC. The number of carbonyl (C=O) groups excluding carboxylic acids is 2. The highest BCUT2D eigenvalue weighted by atomic mass is 16.6. The van der Waals surface area contributed by atoms with Gasteiger partial charge in [-0.2, -0.15) is 0 Å². The van der Waals surface area contributed by atoms with Crippen LogP contribution in [0.25, 0.3) is 0 Å². The van der Waals surface area contributed by atoms with Crippen molar-refractivity contribution in [1.29, 1.82) is 0 Å². The molecular weight excluding hydrogens is 406 g/mol. The number of nitro groups is 1. The first-order chi connectivity index (χ1) is 14.7. The molecule has 0 aliphatic rings. The first-order valence-electron chi connectivity index (χ1n) is 9.40. The summed E-state index contributed by atoms with van der Waals surface area (Å²) in [6.45, 7) is 3.89. The predicted octanol–water partition coefficient (Wildman–Crippen LogP) is 3.86. The minimum atomic E-state index is -0.734. The lowest BCUT2D eigenvalue weighted by molar-refractivity contribution is -0.386. The van der Waals surface area contributed by atoms with Gasteiger partial charge >= 0.3 is 5.69 Å². The van der Waals surface area contributed by atoms with Gasteiger partial charge in [0.2, 0.25) is 17.4 Å². The van der Waals surface area contributed by atoms with E-state index in [1.807, 2.05) is 13.8 Å². The van der Waals surface area contributed by atoms with Crippen LogP contribution in [0.3, 0.4) is 0 Å². The molecule has 0 aliphatic heterocycles. The van der Waals surface area contributed by atoms with Crippen LogP contribution >= 0.6 is 0 Å². The molecular formula is C21H25N3O7. The van der Waals surface area contributed by atoms with E-state index in [1.54, 1.807) is 24.3 Å². The summed E-state index contributed by atoms with van der Waals surface area (Å²) in [5, 5.41) is 17.0. The van der Waals surface area contributed by atoms with Crippen molar-refractivity contribution >= 4 is 28.9 Å². The third kappa shape index (κ3) is 5.62. The maximum Gasteiger partial charge on any atom is 0.327 e. The van der Waals surface area contributed by atoms with Gasteiger partial charge in [0.05, 0.1) is 26.3 Å². The van der Waals surface area contributed by atoms with Gasteiger partial charge in [-0.15, -0.1) is 0 Å². The fraction of sp³-hybridized carbons (Fsp3) is 0.333. The van der Waals surface area contributed by atoms with Crippen molar-refractivity contribution in [2.75, 3.05) is 32.0 Å². The average molecular weight is 431 g/mol. The molecule has 0 aromatic heterocycles. The lowest BCUT2D eigenvalue weighted by atomic mass is 10.1. The van der Waals surface area contributed by atoms with E-state index in [0.717, 1.165) is 0 Å². The first kappa shape index (κ1) is 23.5. The molecule has 10 heteroatoms. The number of nitro benzene ring substituents is 1. The van der Waals surface area contributed by atoms with Crippen LogP contribution < -0.4 is 24.8 Å². The second-order valence-electron chi connectivity index (χ2n) is 6.98. The molecule has 2 amide bonds. The molecule has 0 atom stereocenters. The van der Waals surface area contributed by atoms with Crippen LogP contribution in [0.2, 0.25) is 0 Å². The minimum Gasteiger partial charge on any atom is -0.493 e. The van der Waals surface area contributed by atoms with Gasteiger partial charge in [0.15, 0.2) is 5.75 Å². The molecule has 2 rings (SSSR count). The van der Waals surface area contributed by atoms with Crippen molar-refractivity contribution in [2.45, 2.75) is 20.3 Å². The largest absolute Gasteiger partial charge is 0.493 e. The number of benzene rings is 2. The Morgan fingerprint density at radius 1 is 0.968 bits per heavy atom. The summed E-state index contributed by atoms with van der Waals surface area (Å²) in [5.74, 6) is -0.719. The number of hydrogen-bond acceptors (Lipinski definition) is 7. The molecule has 0 fully saturated rings. The molecule has 0 aliphatic carbocycles. The average Bonchev–Trinajstić information content (AvgIpc) is 2.72. The van der Waals surface area contributed by atoms with Gasteiger partial charge in [0.25, 0.3) is 5.91 Å². The van der Waals surface area contributed by atoms with Crippen LogP contribution in [0, 0.1) is 16.0 Å². The second kappa shape index (κ2) is 10.3. The van der Waals surface area contributed by atoms with Gasteiger partial charge in [-0.05, 0) is 30.2 Å². The summed E-state index contributed by atoms with van der Waals surface area (Å²) in [5.41, 5.74) is 0.154. The third-order valence-electron chi connectivity index (χ3n) is 4.25. The highest BCUT2D eigenvalue weighted by Crippen LogP contribution is 2.46. The maximum absolute atomic E-state index is 12.8. The van der Waals surface area contributed by atoms with Crippen LogP contribution in [0.4, 0.5) is 17.1 Å². The van der Waals surface area contributed by atoms with Crippen molar-refractivity contribution in [1.82, 2.24) is 0 Å². The second-order valence-corrected chi connectivity index (χ2v) is 6.98. The van der Waals surface area contributed by atoms with Crippen molar-refractivity contribution < 1.29 is 28.7 Å². The number of hydrogen-bond donors (Lipinski definition) is 2. The zero-order valence-electron chi connectivity index (χ0n) is 18.0. The monoisotopic (exact) mass is 431 g/mol. The summed E-state index contributed by atoms with van der Waals surface area (Å²) in [7, 11) is 3.89. The Morgan fingerprint density at radius 2 is 1.52 bits per heavy atom.